The maximum atomic E-state index is 12.1. The predicted molar refractivity (Wildman–Crippen MR) is 124 cm³/mol. The van der Waals surface area contributed by atoms with E-state index in [9.17, 15) is 14.7 Å². The number of aliphatic hydroxyl groups is 1. The Bertz CT molecular complexity index is 1010. The van der Waals surface area contributed by atoms with Gasteiger partial charge < -0.3 is 25.2 Å². The molecule has 33 heavy (non-hydrogen) atoms. The third kappa shape index (κ3) is 7.97. The van der Waals surface area contributed by atoms with Crippen LogP contribution < -0.4 is 15.4 Å². The third-order valence-corrected chi connectivity index (χ3v) is 4.94. The van der Waals surface area contributed by atoms with E-state index in [1.54, 1.807) is 31.2 Å². The van der Waals surface area contributed by atoms with Crippen LogP contribution in [0.5, 0.6) is 5.75 Å². The Labute approximate surface area is 193 Å². The second kappa shape index (κ2) is 12.3. The van der Waals surface area contributed by atoms with Crippen molar-refractivity contribution in [1.29, 1.82) is 0 Å². The quantitative estimate of drug-likeness (QED) is 0.439. The molecule has 3 aromatic carbocycles. The lowest BCUT2D eigenvalue weighted by Crippen LogP contribution is -2.43. The van der Waals surface area contributed by atoms with Crippen LogP contribution in [0.15, 0.2) is 84.9 Å². The van der Waals surface area contributed by atoms with Crippen molar-refractivity contribution in [3.63, 3.8) is 0 Å². The van der Waals surface area contributed by atoms with E-state index in [-0.39, 0.29) is 13.2 Å². The minimum Gasteiger partial charge on any atom is -0.489 e. The first kappa shape index (κ1) is 23.8. The Morgan fingerprint density at radius 1 is 0.848 bits per heavy atom. The van der Waals surface area contributed by atoms with Crippen molar-refractivity contribution in [1.82, 2.24) is 10.6 Å². The number of nitrogens with one attached hydrogen (secondary N) is 2. The molecule has 0 saturated carbocycles. The van der Waals surface area contributed by atoms with Gasteiger partial charge in [0.05, 0.1) is 12.1 Å². The highest BCUT2D eigenvalue weighted by atomic mass is 16.5. The van der Waals surface area contributed by atoms with Crippen molar-refractivity contribution in [2.75, 3.05) is 6.54 Å². The second-order valence-corrected chi connectivity index (χ2v) is 7.56. The Morgan fingerprint density at radius 2 is 1.42 bits per heavy atom. The van der Waals surface area contributed by atoms with Crippen LogP contribution in [0.2, 0.25) is 0 Å². The number of carbonyl (C=O) groups excluding carboxylic acids is 2. The smallest absolute Gasteiger partial charge is 0.407 e. The summed E-state index contributed by atoms with van der Waals surface area (Å²) in [5.74, 6) is 0.255. The highest BCUT2D eigenvalue weighted by Crippen LogP contribution is 2.21. The van der Waals surface area contributed by atoms with Gasteiger partial charge in [0, 0.05) is 0 Å². The van der Waals surface area contributed by atoms with Gasteiger partial charge in [-0.3, -0.25) is 4.79 Å². The van der Waals surface area contributed by atoms with Crippen molar-refractivity contribution < 1.29 is 24.2 Å². The van der Waals surface area contributed by atoms with E-state index in [1.807, 2.05) is 60.7 Å². The number of amides is 2. The lowest BCUT2D eigenvalue weighted by atomic mass is 10.0. The average Bonchev–Trinajstić information content (AvgIpc) is 2.86. The summed E-state index contributed by atoms with van der Waals surface area (Å²) in [6.45, 7) is 2.01. The zero-order chi connectivity index (χ0) is 23.5. The summed E-state index contributed by atoms with van der Waals surface area (Å²) in [5, 5.41) is 15.6. The molecular weight excluding hydrogens is 420 g/mol. The average molecular weight is 449 g/mol. The topological polar surface area (TPSA) is 96.9 Å². The number of rotatable bonds is 10. The molecule has 0 saturated heterocycles. The molecule has 0 aliphatic carbocycles. The van der Waals surface area contributed by atoms with Crippen LogP contribution in [0.1, 0.15) is 29.7 Å². The van der Waals surface area contributed by atoms with Crippen LogP contribution in [0.3, 0.4) is 0 Å². The van der Waals surface area contributed by atoms with Crippen LogP contribution in [0, 0.1) is 0 Å². The van der Waals surface area contributed by atoms with Crippen LogP contribution >= 0.6 is 0 Å². The van der Waals surface area contributed by atoms with Gasteiger partial charge >= 0.3 is 6.09 Å². The van der Waals surface area contributed by atoms with Gasteiger partial charge in [0.1, 0.15) is 25.5 Å². The molecule has 0 bridgehead atoms. The Balaban J connectivity index is 1.39. The molecule has 2 atom stereocenters. The molecule has 7 heteroatoms. The summed E-state index contributed by atoms with van der Waals surface area (Å²) in [5.41, 5.74) is 2.56. The number of carbonyl (C=O) groups is 2. The van der Waals surface area contributed by atoms with Crippen molar-refractivity contribution in [2.24, 2.45) is 0 Å². The molecule has 0 aromatic heterocycles. The molecule has 0 fully saturated rings. The van der Waals surface area contributed by atoms with Crippen molar-refractivity contribution >= 4 is 12.0 Å². The minimum atomic E-state index is -0.915. The molecule has 0 aliphatic heterocycles. The molecule has 0 spiro atoms. The molecule has 7 nitrogen and oxygen atoms in total. The van der Waals surface area contributed by atoms with E-state index in [2.05, 4.69) is 10.6 Å². The highest BCUT2D eigenvalue weighted by Gasteiger charge is 2.19. The first-order chi connectivity index (χ1) is 16.0. The number of ether oxygens (including phenoxy) is 2. The lowest BCUT2D eigenvalue weighted by Gasteiger charge is -2.21. The number of benzene rings is 3. The van der Waals surface area contributed by atoms with E-state index >= 15 is 0 Å². The van der Waals surface area contributed by atoms with Crippen LogP contribution in [0.25, 0.3) is 0 Å². The zero-order valence-corrected chi connectivity index (χ0v) is 18.4. The van der Waals surface area contributed by atoms with Crippen molar-refractivity contribution in [3.8, 4) is 5.75 Å². The van der Waals surface area contributed by atoms with Crippen molar-refractivity contribution in [2.45, 2.75) is 32.3 Å². The van der Waals surface area contributed by atoms with Gasteiger partial charge in [-0.15, -0.1) is 0 Å². The summed E-state index contributed by atoms with van der Waals surface area (Å²) in [6, 6.07) is 25.6. The molecule has 3 aromatic rings. The predicted octanol–water partition coefficient (Wildman–Crippen LogP) is 3.73. The zero-order valence-electron chi connectivity index (χ0n) is 18.4. The summed E-state index contributed by atoms with van der Waals surface area (Å²) in [6.07, 6.45) is -1.60. The van der Waals surface area contributed by atoms with Crippen LogP contribution in [-0.2, 0) is 22.7 Å². The summed E-state index contributed by atoms with van der Waals surface area (Å²) < 4.78 is 10.8. The van der Waals surface area contributed by atoms with Gasteiger partial charge in [-0.25, -0.2) is 4.79 Å². The second-order valence-electron chi connectivity index (χ2n) is 7.56. The van der Waals surface area contributed by atoms with E-state index in [1.165, 1.54) is 0 Å². The SMILES string of the molecule is CC(NC(=O)CNC(=O)OCc1ccccc1)C(O)c1ccc(OCc2ccccc2)cc1. The Morgan fingerprint density at radius 3 is 2.03 bits per heavy atom. The molecule has 0 heterocycles. The van der Waals surface area contributed by atoms with E-state index in [0.717, 1.165) is 11.1 Å². The maximum Gasteiger partial charge on any atom is 0.407 e. The van der Waals surface area contributed by atoms with Gasteiger partial charge in [0.2, 0.25) is 5.91 Å². The maximum absolute atomic E-state index is 12.1. The van der Waals surface area contributed by atoms with Crippen molar-refractivity contribution in [3.05, 3.63) is 102 Å². The third-order valence-electron chi connectivity index (χ3n) is 4.94. The fourth-order valence-electron chi connectivity index (χ4n) is 3.10. The largest absolute Gasteiger partial charge is 0.489 e. The molecule has 3 rings (SSSR count). The molecule has 0 radical (unpaired) electrons. The number of hydrogen-bond acceptors (Lipinski definition) is 5. The first-order valence-corrected chi connectivity index (χ1v) is 10.7. The molecule has 172 valence electrons. The van der Waals surface area contributed by atoms with Crippen LogP contribution in [0.4, 0.5) is 4.79 Å². The molecule has 2 amide bonds. The fourth-order valence-corrected chi connectivity index (χ4v) is 3.10. The molecule has 0 aliphatic rings. The Hall–Kier alpha value is -3.84. The van der Waals surface area contributed by atoms with Gasteiger partial charge in [-0.2, -0.15) is 0 Å². The first-order valence-electron chi connectivity index (χ1n) is 10.7. The van der Waals surface area contributed by atoms with Gasteiger partial charge in [0.15, 0.2) is 0 Å². The lowest BCUT2D eigenvalue weighted by molar-refractivity contribution is -0.121. The van der Waals surface area contributed by atoms with Gasteiger partial charge in [-0.05, 0) is 35.7 Å². The van der Waals surface area contributed by atoms with Crippen LogP contribution in [-0.4, -0.2) is 29.7 Å². The number of aliphatic hydroxyl groups excluding tert-OH is 1. The molecule has 3 N–H and O–H groups in total. The minimum absolute atomic E-state index is 0.120. The van der Waals surface area contributed by atoms with Gasteiger partial charge in [0.25, 0.3) is 0 Å². The fraction of sp³-hybridized carbons (Fsp3) is 0.231. The summed E-state index contributed by atoms with van der Waals surface area (Å²) in [7, 11) is 0. The Kier molecular flexibility index (Phi) is 8.85. The molecule has 2 unspecified atom stereocenters. The summed E-state index contributed by atoms with van der Waals surface area (Å²) in [4.78, 5) is 23.9. The normalized spacial score (nSPS) is 12.3. The standard InChI is InChI=1S/C26H28N2O5/c1-19(28-24(29)16-27-26(31)33-18-21-10-6-3-7-11-21)25(30)22-12-14-23(15-13-22)32-17-20-8-4-2-5-9-20/h2-15,19,25,30H,16-18H2,1H3,(H,27,31)(H,28,29). The molecular formula is C26H28N2O5. The number of alkyl carbamates (subject to hydrolysis) is 1. The summed E-state index contributed by atoms with van der Waals surface area (Å²) >= 11 is 0. The highest BCUT2D eigenvalue weighted by molar-refractivity contribution is 5.82. The van der Waals surface area contributed by atoms with E-state index in [4.69, 9.17) is 9.47 Å². The van der Waals surface area contributed by atoms with Gasteiger partial charge in [-0.1, -0.05) is 72.8 Å². The monoisotopic (exact) mass is 448 g/mol. The number of hydrogen-bond donors (Lipinski definition) is 3. The van der Waals surface area contributed by atoms with E-state index in [0.29, 0.717) is 17.9 Å². The van der Waals surface area contributed by atoms with E-state index < -0.39 is 24.1 Å².